The Hall–Kier alpha value is -3.99. The molecule has 0 N–H and O–H groups in total. The number of pyridine rings is 1. The number of esters is 1. The molecule has 0 bridgehead atoms. The van der Waals surface area contributed by atoms with Gasteiger partial charge in [0.2, 0.25) is 0 Å². The number of benzene rings is 3. The van der Waals surface area contributed by atoms with Crippen LogP contribution in [0.5, 0.6) is 0 Å². The van der Waals surface area contributed by atoms with Gasteiger partial charge >= 0.3 is 12.1 Å². The molecule has 4 rings (SSSR count). The van der Waals surface area contributed by atoms with E-state index in [0.29, 0.717) is 23.1 Å². The Bertz CT molecular complexity index is 1600. The third kappa shape index (κ3) is 5.33. The normalized spacial score (nSPS) is 11.9. The zero-order valence-corrected chi connectivity index (χ0v) is 21.1. The standard InChI is InChI=1S/C27H22F4N2O4S/c1-3-37-26(34)19-9-11-21(12-10-19)38(35,36)33(16-18-8-13-24(28)23(14-18)27(29,30)31)25-17(2)22-7-5-4-6-20(22)15-32-25/h4-15H,3,16H2,1-2H3. The Morgan fingerprint density at radius 3 is 2.37 bits per heavy atom. The van der Waals surface area contributed by atoms with Crippen molar-refractivity contribution in [2.45, 2.75) is 31.5 Å². The van der Waals surface area contributed by atoms with Gasteiger partial charge in [-0.2, -0.15) is 13.2 Å². The van der Waals surface area contributed by atoms with Gasteiger partial charge in [0.1, 0.15) is 11.6 Å². The van der Waals surface area contributed by atoms with Gasteiger partial charge in [-0.05, 0) is 61.2 Å². The molecule has 38 heavy (non-hydrogen) atoms. The summed E-state index contributed by atoms with van der Waals surface area (Å²) in [7, 11) is -4.41. The Balaban J connectivity index is 1.85. The van der Waals surface area contributed by atoms with E-state index in [1.807, 2.05) is 0 Å². The molecule has 0 radical (unpaired) electrons. The third-order valence-corrected chi connectivity index (χ3v) is 7.63. The van der Waals surface area contributed by atoms with Crippen LogP contribution in [0.4, 0.5) is 23.4 Å². The highest BCUT2D eigenvalue weighted by atomic mass is 32.2. The van der Waals surface area contributed by atoms with Crippen molar-refractivity contribution in [1.82, 2.24) is 4.98 Å². The number of rotatable bonds is 7. The first kappa shape index (κ1) is 27.1. The largest absolute Gasteiger partial charge is 0.462 e. The number of halogens is 4. The lowest BCUT2D eigenvalue weighted by atomic mass is 10.1. The van der Waals surface area contributed by atoms with Gasteiger partial charge in [-0.15, -0.1) is 0 Å². The number of sulfonamides is 1. The minimum atomic E-state index is -4.97. The van der Waals surface area contributed by atoms with Gasteiger partial charge in [0.25, 0.3) is 10.0 Å². The van der Waals surface area contributed by atoms with E-state index in [0.717, 1.165) is 15.8 Å². The zero-order valence-electron chi connectivity index (χ0n) is 20.3. The summed E-state index contributed by atoms with van der Waals surface area (Å²) < 4.78 is 87.5. The maximum atomic E-state index is 13.9. The molecule has 4 aromatic rings. The van der Waals surface area contributed by atoms with E-state index in [4.69, 9.17) is 4.74 Å². The number of hydrogen-bond acceptors (Lipinski definition) is 5. The number of hydrogen-bond donors (Lipinski definition) is 0. The van der Waals surface area contributed by atoms with Gasteiger partial charge in [0.05, 0.1) is 29.2 Å². The van der Waals surface area contributed by atoms with E-state index >= 15 is 0 Å². The summed E-state index contributed by atoms with van der Waals surface area (Å²) in [5.74, 6) is -2.10. The van der Waals surface area contributed by atoms with Crippen LogP contribution in [-0.4, -0.2) is 26.0 Å². The molecule has 0 aliphatic heterocycles. The number of carbonyl (C=O) groups is 1. The molecule has 0 amide bonds. The maximum Gasteiger partial charge on any atom is 0.419 e. The summed E-state index contributed by atoms with van der Waals surface area (Å²) in [4.78, 5) is 16.1. The van der Waals surface area contributed by atoms with Gasteiger partial charge in [0.15, 0.2) is 0 Å². The van der Waals surface area contributed by atoms with Gasteiger partial charge in [-0.25, -0.2) is 26.9 Å². The summed E-state index contributed by atoms with van der Waals surface area (Å²) in [6, 6.07) is 14.4. The van der Waals surface area contributed by atoms with Crippen LogP contribution in [0.3, 0.4) is 0 Å². The van der Waals surface area contributed by atoms with E-state index in [9.17, 15) is 30.8 Å². The second-order valence-electron chi connectivity index (χ2n) is 8.36. The molecule has 11 heteroatoms. The molecule has 0 atom stereocenters. The average molecular weight is 547 g/mol. The highest BCUT2D eigenvalue weighted by Crippen LogP contribution is 2.34. The van der Waals surface area contributed by atoms with Gasteiger partial charge < -0.3 is 4.74 Å². The van der Waals surface area contributed by atoms with Gasteiger partial charge in [0, 0.05) is 17.1 Å². The SMILES string of the molecule is CCOC(=O)c1ccc(S(=O)(=O)N(Cc2ccc(F)c(C(F)(F)F)c2)c2ncc3ccccc3c2C)cc1. The number of nitrogens with zero attached hydrogens (tertiary/aromatic N) is 2. The average Bonchev–Trinajstić information content (AvgIpc) is 2.88. The molecule has 1 heterocycles. The molecular formula is C27H22F4N2O4S. The molecule has 0 saturated heterocycles. The van der Waals surface area contributed by atoms with E-state index in [1.165, 1.54) is 30.5 Å². The fourth-order valence-electron chi connectivity index (χ4n) is 3.98. The quantitative estimate of drug-likeness (QED) is 0.202. The zero-order chi connectivity index (χ0) is 27.7. The fourth-order valence-corrected chi connectivity index (χ4v) is 5.45. The van der Waals surface area contributed by atoms with Crippen LogP contribution in [0.25, 0.3) is 10.8 Å². The minimum absolute atomic E-state index is 0.00365. The fraction of sp³-hybridized carbons (Fsp3) is 0.185. The van der Waals surface area contributed by atoms with Crippen molar-refractivity contribution in [3.05, 3.63) is 101 Å². The van der Waals surface area contributed by atoms with Crippen molar-refractivity contribution < 1.29 is 35.5 Å². The lowest BCUT2D eigenvalue weighted by Crippen LogP contribution is -2.32. The van der Waals surface area contributed by atoms with Crippen LogP contribution in [0.2, 0.25) is 0 Å². The predicted octanol–water partition coefficient (Wildman–Crippen LogP) is 6.27. The van der Waals surface area contributed by atoms with E-state index < -0.39 is 40.1 Å². The first-order valence-corrected chi connectivity index (χ1v) is 12.9. The summed E-state index contributed by atoms with van der Waals surface area (Å²) in [6.45, 7) is 2.87. The Morgan fingerprint density at radius 2 is 1.71 bits per heavy atom. The molecule has 0 spiro atoms. The van der Waals surface area contributed by atoms with Crippen LogP contribution in [0.1, 0.15) is 34.0 Å². The van der Waals surface area contributed by atoms with Crippen molar-refractivity contribution in [1.29, 1.82) is 0 Å². The van der Waals surface area contributed by atoms with E-state index in [2.05, 4.69) is 4.98 Å². The predicted molar refractivity (Wildman–Crippen MR) is 134 cm³/mol. The van der Waals surface area contributed by atoms with Crippen LogP contribution >= 0.6 is 0 Å². The molecular weight excluding hydrogens is 524 g/mol. The van der Waals surface area contributed by atoms with E-state index in [-0.39, 0.29) is 28.4 Å². The van der Waals surface area contributed by atoms with Crippen LogP contribution in [-0.2, 0) is 27.5 Å². The molecule has 6 nitrogen and oxygen atoms in total. The molecule has 0 aliphatic carbocycles. The van der Waals surface area contributed by atoms with Crippen LogP contribution < -0.4 is 4.31 Å². The summed E-state index contributed by atoms with van der Waals surface area (Å²) >= 11 is 0. The topological polar surface area (TPSA) is 76.6 Å². The van der Waals surface area contributed by atoms with Gasteiger partial charge in [-0.1, -0.05) is 30.3 Å². The number of alkyl halides is 3. The number of aromatic nitrogens is 1. The highest BCUT2D eigenvalue weighted by Gasteiger charge is 2.35. The Kier molecular flexibility index (Phi) is 7.41. The van der Waals surface area contributed by atoms with Crippen molar-refractivity contribution in [2.75, 3.05) is 10.9 Å². The van der Waals surface area contributed by atoms with Crippen molar-refractivity contribution in [3.8, 4) is 0 Å². The molecule has 0 fully saturated rings. The van der Waals surface area contributed by atoms with Crippen LogP contribution in [0, 0.1) is 12.7 Å². The number of aryl methyl sites for hydroxylation is 1. The molecule has 3 aromatic carbocycles. The molecule has 0 aliphatic rings. The molecule has 1 aromatic heterocycles. The van der Waals surface area contributed by atoms with Crippen LogP contribution in [0.15, 0.2) is 77.8 Å². The van der Waals surface area contributed by atoms with Gasteiger partial charge in [-0.3, -0.25) is 0 Å². The highest BCUT2D eigenvalue weighted by molar-refractivity contribution is 7.92. The lowest BCUT2D eigenvalue weighted by Gasteiger charge is -2.26. The van der Waals surface area contributed by atoms with Crippen molar-refractivity contribution in [2.24, 2.45) is 0 Å². The second-order valence-corrected chi connectivity index (χ2v) is 10.2. The number of fused-ring (bicyclic) bond motifs is 1. The van der Waals surface area contributed by atoms with E-state index in [1.54, 1.807) is 38.1 Å². The monoisotopic (exact) mass is 546 g/mol. The third-order valence-electron chi connectivity index (χ3n) is 5.88. The first-order valence-electron chi connectivity index (χ1n) is 11.4. The second kappa shape index (κ2) is 10.4. The Morgan fingerprint density at radius 1 is 1.03 bits per heavy atom. The molecule has 0 saturated carbocycles. The first-order chi connectivity index (χ1) is 17.9. The summed E-state index contributed by atoms with van der Waals surface area (Å²) in [6.07, 6.45) is -3.50. The Labute approximate surface area is 216 Å². The smallest absolute Gasteiger partial charge is 0.419 e. The molecule has 198 valence electrons. The number of anilines is 1. The van der Waals surface area contributed by atoms with Crippen molar-refractivity contribution in [3.63, 3.8) is 0 Å². The summed E-state index contributed by atoms with van der Waals surface area (Å²) in [5, 5.41) is 1.44. The summed E-state index contributed by atoms with van der Waals surface area (Å²) in [5.41, 5.74) is -0.993. The lowest BCUT2D eigenvalue weighted by molar-refractivity contribution is -0.140. The maximum absolute atomic E-state index is 13.9. The number of ether oxygens (including phenoxy) is 1. The molecule has 0 unspecified atom stereocenters. The number of carbonyl (C=O) groups excluding carboxylic acids is 1. The minimum Gasteiger partial charge on any atom is -0.462 e. The van der Waals surface area contributed by atoms with Crippen molar-refractivity contribution >= 4 is 32.6 Å².